The third-order valence-corrected chi connectivity index (χ3v) is 5.18. The summed E-state index contributed by atoms with van der Waals surface area (Å²) in [4.78, 5) is 20.3. The van der Waals surface area contributed by atoms with E-state index >= 15 is 0 Å². The fraction of sp³-hybridized carbons (Fsp3) is 0.400. The Balaban J connectivity index is 2.11. The maximum Gasteiger partial charge on any atom is 0.254 e. The normalized spacial score (nSPS) is 12.4. The predicted octanol–water partition coefficient (Wildman–Crippen LogP) is 3.86. The number of nitrogens with one attached hydrogen (secondary N) is 1. The highest BCUT2D eigenvalue weighted by Crippen LogP contribution is 2.28. The number of amides is 1. The minimum absolute atomic E-state index is 0.0739. The van der Waals surface area contributed by atoms with E-state index in [2.05, 4.69) is 60.2 Å². The van der Waals surface area contributed by atoms with E-state index in [0.717, 1.165) is 9.92 Å². The first-order valence-corrected chi connectivity index (χ1v) is 9.34. The topological polar surface area (TPSA) is 45.2 Å². The Morgan fingerprint density at radius 3 is 2.48 bits per heavy atom. The number of benzene rings is 1. The second kappa shape index (κ2) is 9.02. The van der Waals surface area contributed by atoms with Crippen LogP contribution in [0.5, 0.6) is 0 Å². The maximum atomic E-state index is 12.7. The third kappa shape index (κ3) is 5.58. The molecule has 5 heteroatoms. The molecule has 1 aromatic carbocycles. The molecule has 1 amide bonds. The summed E-state index contributed by atoms with van der Waals surface area (Å²) in [5.74, 6) is 0.390. The number of hydrogen-bond donors (Lipinski definition) is 1. The van der Waals surface area contributed by atoms with Gasteiger partial charge in [0.25, 0.3) is 5.91 Å². The molecule has 4 nitrogen and oxygen atoms in total. The van der Waals surface area contributed by atoms with Gasteiger partial charge in [0, 0.05) is 23.7 Å². The van der Waals surface area contributed by atoms with E-state index in [1.165, 1.54) is 17.3 Å². The number of aryl methyl sites for hydroxylation is 1. The molecule has 1 heterocycles. The second-order valence-corrected chi connectivity index (χ2v) is 7.82. The number of rotatable bonds is 7. The third-order valence-electron chi connectivity index (χ3n) is 4.16. The summed E-state index contributed by atoms with van der Waals surface area (Å²) >= 11 is 1.52. The smallest absolute Gasteiger partial charge is 0.254 e. The largest absolute Gasteiger partial charge is 0.350 e. The molecule has 0 aliphatic rings. The lowest BCUT2D eigenvalue weighted by atomic mass is 10.0. The van der Waals surface area contributed by atoms with E-state index in [9.17, 15) is 4.79 Å². The number of pyridine rings is 1. The highest BCUT2D eigenvalue weighted by molar-refractivity contribution is 7.99. The van der Waals surface area contributed by atoms with Gasteiger partial charge >= 0.3 is 0 Å². The van der Waals surface area contributed by atoms with Crippen LogP contribution in [0.4, 0.5) is 0 Å². The van der Waals surface area contributed by atoms with E-state index in [4.69, 9.17) is 0 Å². The summed E-state index contributed by atoms with van der Waals surface area (Å²) in [5, 5.41) is 3.79. The molecule has 25 heavy (non-hydrogen) atoms. The zero-order chi connectivity index (χ0) is 18.4. The first-order chi connectivity index (χ1) is 11.9. The number of hydrogen-bond acceptors (Lipinski definition) is 4. The highest BCUT2D eigenvalue weighted by atomic mass is 32.2. The van der Waals surface area contributed by atoms with Crippen LogP contribution in [0.25, 0.3) is 0 Å². The van der Waals surface area contributed by atoms with E-state index in [1.54, 1.807) is 12.3 Å². The Bertz CT molecular complexity index is 690. The molecular formula is C20H27N3OS. The number of nitrogens with zero attached hydrogens (tertiary/aromatic N) is 2. The van der Waals surface area contributed by atoms with Crippen molar-refractivity contribution in [1.82, 2.24) is 15.2 Å². The van der Waals surface area contributed by atoms with E-state index in [0.29, 0.717) is 24.1 Å². The molecule has 0 bridgehead atoms. The van der Waals surface area contributed by atoms with Crippen molar-refractivity contribution < 1.29 is 4.79 Å². The van der Waals surface area contributed by atoms with Crippen LogP contribution < -0.4 is 5.32 Å². The summed E-state index contributed by atoms with van der Waals surface area (Å²) in [6, 6.07) is 12.2. The van der Waals surface area contributed by atoms with Crippen LogP contribution in [-0.2, 0) is 0 Å². The Morgan fingerprint density at radius 2 is 1.88 bits per heavy atom. The molecule has 0 radical (unpaired) electrons. The summed E-state index contributed by atoms with van der Waals surface area (Å²) < 4.78 is 0. The van der Waals surface area contributed by atoms with Crippen LogP contribution in [-0.4, -0.2) is 42.5 Å². The van der Waals surface area contributed by atoms with Gasteiger partial charge in [0.05, 0.1) is 5.56 Å². The molecule has 2 aromatic rings. The number of carbonyl (C=O) groups is 1. The first-order valence-electron chi connectivity index (χ1n) is 8.52. The first kappa shape index (κ1) is 19.5. The molecule has 2 rings (SSSR count). The molecule has 0 saturated heterocycles. The zero-order valence-electron chi connectivity index (χ0n) is 15.6. The SMILES string of the molecule is Cc1ccc(Sc2ncccc2C(=O)NCC(C(C)C)N(C)C)cc1. The van der Waals surface area contributed by atoms with Gasteiger partial charge in [0.15, 0.2) is 0 Å². The van der Waals surface area contributed by atoms with Crippen LogP contribution in [0.3, 0.4) is 0 Å². The van der Waals surface area contributed by atoms with Gasteiger partial charge in [-0.3, -0.25) is 4.79 Å². The van der Waals surface area contributed by atoms with Crippen LogP contribution in [0.2, 0.25) is 0 Å². The van der Waals surface area contributed by atoms with Crippen molar-refractivity contribution in [2.24, 2.45) is 5.92 Å². The van der Waals surface area contributed by atoms with Gasteiger partial charge in [-0.2, -0.15) is 0 Å². The number of likely N-dealkylation sites (N-methyl/N-ethyl adjacent to an activating group) is 1. The Kier molecular flexibility index (Phi) is 7.02. The minimum Gasteiger partial charge on any atom is -0.350 e. The van der Waals surface area contributed by atoms with Gasteiger partial charge < -0.3 is 10.2 Å². The molecule has 0 aliphatic carbocycles. The monoisotopic (exact) mass is 357 g/mol. The van der Waals surface area contributed by atoms with Crippen molar-refractivity contribution in [1.29, 1.82) is 0 Å². The van der Waals surface area contributed by atoms with Crippen molar-refractivity contribution in [2.45, 2.75) is 36.7 Å². The van der Waals surface area contributed by atoms with Crippen molar-refractivity contribution in [2.75, 3.05) is 20.6 Å². The van der Waals surface area contributed by atoms with Crippen molar-refractivity contribution in [3.63, 3.8) is 0 Å². The quantitative estimate of drug-likeness (QED) is 0.817. The number of aromatic nitrogens is 1. The maximum absolute atomic E-state index is 12.7. The van der Waals surface area contributed by atoms with Crippen LogP contribution in [0, 0.1) is 12.8 Å². The Hall–Kier alpha value is -1.85. The lowest BCUT2D eigenvalue weighted by molar-refractivity contribution is 0.0931. The van der Waals surface area contributed by atoms with E-state index in [1.807, 2.05) is 20.2 Å². The van der Waals surface area contributed by atoms with Gasteiger partial charge in [-0.15, -0.1) is 0 Å². The average Bonchev–Trinajstić information content (AvgIpc) is 2.57. The van der Waals surface area contributed by atoms with Crippen molar-refractivity contribution in [3.8, 4) is 0 Å². The molecular weight excluding hydrogens is 330 g/mol. The molecule has 0 spiro atoms. The van der Waals surface area contributed by atoms with Gasteiger partial charge in [0.2, 0.25) is 0 Å². The van der Waals surface area contributed by atoms with Crippen molar-refractivity contribution >= 4 is 17.7 Å². The second-order valence-electron chi connectivity index (χ2n) is 6.76. The molecule has 1 unspecified atom stereocenters. The molecule has 0 fully saturated rings. The molecule has 134 valence electrons. The van der Waals surface area contributed by atoms with Gasteiger partial charge in [0.1, 0.15) is 5.03 Å². The Morgan fingerprint density at radius 1 is 1.20 bits per heavy atom. The minimum atomic E-state index is -0.0739. The number of carbonyl (C=O) groups excluding carboxylic acids is 1. The van der Waals surface area contributed by atoms with Crippen molar-refractivity contribution in [3.05, 3.63) is 53.7 Å². The molecule has 1 aromatic heterocycles. The standard InChI is InChI=1S/C20H27N3OS/c1-14(2)18(23(4)5)13-22-19(24)17-7-6-12-21-20(17)25-16-10-8-15(3)9-11-16/h6-12,14,18H,13H2,1-5H3,(H,22,24). The molecule has 0 saturated carbocycles. The summed E-state index contributed by atoms with van der Waals surface area (Å²) in [6.07, 6.45) is 1.73. The summed E-state index contributed by atoms with van der Waals surface area (Å²) in [7, 11) is 4.08. The lowest BCUT2D eigenvalue weighted by Gasteiger charge is -2.28. The fourth-order valence-electron chi connectivity index (χ4n) is 2.67. The molecule has 1 atom stereocenters. The summed E-state index contributed by atoms with van der Waals surface area (Å²) in [6.45, 7) is 7.01. The van der Waals surface area contributed by atoms with E-state index < -0.39 is 0 Å². The van der Waals surface area contributed by atoms with Crippen LogP contribution >= 0.6 is 11.8 Å². The average molecular weight is 358 g/mol. The van der Waals surface area contributed by atoms with Gasteiger partial charge in [-0.1, -0.05) is 43.3 Å². The molecule has 0 aliphatic heterocycles. The van der Waals surface area contributed by atoms with Gasteiger partial charge in [-0.25, -0.2) is 4.98 Å². The predicted molar refractivity (Wildman–Crippen MR) is 104 cm³/mol. The Labute approximate surface area is 155 Å². The van der Waals surface area contributed by atoms with E-state index in [-0.39, 0.29) is 5.91 Å². The zero-order valence-corrected chi connectivity index (χ0v) is 16.4. The fourth-order valence-corrected chi connectivity index (χ4v) is 3.55. The van der Waals surface area contributed by atoms with Crippen LogP contribution in [0.15, 0.2) is 52.5 Å². The summed E-state index contributed by atoms with van der Waals surface area (Å²) in [5.41, 5.74) is 1.83. The highest BCUT2D eigenvalue weighted by Gasteiger charge is 2.19. The lowest BCUT2D eigenvalue weighted by Crippen LogP contribution is -2.43. The van der Waals surface area contributed by atoms with Crippen LogP contribution in [0.1, 0.15) is 29.8 Å². The van der Waals surface area contributed by atoms with Gasteiger partial charge in [-0.05, 0) is 51.2 Å². The molecule has 1 N–H and O–H groups in total.